The molecule has 40 heavy (non-hydrogen) atoms. The van der Waals surface area contributed by atoms with Gasteiger partial charge >= 0.3 is 0 Å². The Labute approximate surface area is 237 Å². The van der Waals surface area contributed by atoms with Gasteiger partial charge in [0, 0.05) is 25.8 Å². The second-order valence-electron chi connectivity index (χ2n) is 11.5. The molecule has 1 N–H and O–H groups in total. The molecule has 3 aliphatic rings. The third-order valence-electron chi connectivity index (χ3n) is 9.17. The fourth-order valence-corrected chi connectivity index (χ4v) is 7.17. The lowest BCUT2D eigenvalue weighted by Crippen LogP contribution is -2.60. The van der Waals surface area contributed by atoms with Gasteiger partial charge in [-0.2, -0.15) is 0 Å². The second kappa shape index (κ2) is 11.4. The van der Waals surface area contributed by atoms with E-state index in [2.05, 4.69) is 13.2 Å². The lowest BCUT2D eigenvalue weighted by atomic mass is 9.64. The van der Waals surface area contributed by atoms with Gasteiger partial charge in [0.2, 0.25) is 11.8 Å². The van der Waals surface area contributed by atoms with E-state index in [0.29, 0.717) is 37.2 Å². The second-order valence-corrected chi connectivity index (χ2v) is 11.5. The van der Waals surface area contributed by atoms with Crippen LogP contribution in [0.25, 0.3) is 0 Å². The van der Waals surface area contributed by atoms with Crippen molar-refractivity contribution in [2.45, 2.75) is 63.3 Å². The van der Waals surface area contributed by atoms with Gasteiger partial charge in [-0.3, -0.25) is 14.4 Å². The number of benzene rings is 1. The Balaban J connectivity index is 1.87. The minimum absolute atomic E-state index is 0.136. The molecule has 0 radical (unpaired) electrons. The number of hydrogen-bond donors (Lipinski definition) is 1. The summed E-state index contributed by atoms with van der Waals surface area (Å²) in [7, 11) is 3.28. The molecule has 0 saturated carbocycles. The van der Waals surface area contributed by atoms with E-state index >= 15 is 0 Å². The number of hydrogen-bond acceptors (Lipinski definition) is 6. The minimum Gasteiger partial charge on any atom is -0.497 e. The van der Waals surface area contributed by atoms with Crippen LogP contribution in [0.4, 0.5) is 5.69 Å². The van der Waals surface area contributed by atoms with Crippen molar-refractivity contribution >= 4 is 23.4 Å². The van der Waals surface area contributed by atoms with Crippen molar-refractivity contribution in [3.8, 4) is 5.75 Å². The summed E-state index contributed by atoms with van der Waals surface area (Å²) < 4.78 is 12.2. The first-order valence-corrected chi connectivity index (χ1v) is 14.1. The number of carbonyl (C=O) groups is 3. The molecule has 3 amide bonds. The largest absolute Gasteiger partial charge is 0.497 e. The number of rotatable bonds is 12. The first-order chi connectivity index (χ1) is 19.1. The number of likely N-dealkylation sites (N-methyl/N-ethyl adjacent to an activating group) is 1. The zero-order valence-corrected chi connectivity index (χ0v) is 24.3. The zero-order valence-electron chi connectivity index (χ0n) is 24.3. The molecule has 0 aliphatic carbocycles. The van der Waals surface area contributed by atoms with E-state index in [-0.39, 0.29) is 36.8 Å². The Morgan fingerprint density at radius 3 is 2.35 bits per heavy atom. The normalized spacial score (nSPS) is 29.3. The van der Waals surface area contributed by atoms with Crippen LogP contribution >= 0.6 is 0 Å². The molecule has 9 heteroatoms. The third kappa shape index (κ3) is 4.43. The fourth-order valence-electron chi connectivity index (χ4n) is 7.17. The van der Waals surface area contributed by atoms with E-state index in [0.717, 1.165) is 0 Å². The van der Waals surface area contributed by atoms with Crippen molar-refractivity contribution in [2.24, 2.45) is 17.8 Å². The molecule has 1 spiro atoms. The highest BCUT2D eigenvalue weighted by Crippen LogP contribution is 2.65. The third-order valence-corrected chi connectivity index (χ3v) is 9.17. The highest BCUT2D eigenvalue weighted by Gasteiger charge is 2.79. The van der Waals surface area contributed by atoms with Crippen molar-refractivity contribution < 1.29 is 29.0 Å². The van der Waals surface area contributed by atoms with Crippen LogP contribution in [0.5, 0.6) is 5.75 Å². The Bertz CT molecular complexity index is 1150. The molecule has 1 aromatic carbocycles. The minimum atomic E-state index is -1.19. The summed E-state index contributed by atoms with van der Waals surface area (Å²) in [5.74, 6) is -1.85. The van der Waals surface area contributed by atoms with Crippen LogP contribution in [-0.4, -0.2) is 89.8 Å². The van der Waals surface area contributed by atoms with E-state index in [1.165, 1.54) is 4.90 Å². The maximum Gasteiger partial charge on any atom is 0.253 e. The van der Waals surface area contributed by atoms with Gasteiger partial charge in [0.15, 0.2) is 0 Å². The molecule has 3 aliphatic heterocycles. The van der Waals surface area contributed by atoms with Gasteiger partial charge in [-0.05, 0) is 49.4 Å². The Kier molecular flexibility index (Phi) is 8.47. The van der Waals surface area contributed by atoms with Crippen molar-refractivity contribution in [3.63, 3.8) is 0 Å². The first kappa shape index (κ1) is 29.8. The van der Waals surface area contributed by atoms with Gasteiger partial charge in [0.25, 0.3) is 5.91 Å². The molecule has 4 rings (SSSR count). The van der Waals surface area contributed by atoms with Crippen LogP contribution in [0.2, 0.25) is 0 Å². The molecule has 3 fully saturated rings. The number of methoxy groups -OCH3 is 1. The van der Waals surface area contributed by atoms with Gasteiger partial charge in [-0.25, -0.2) is 0 Å². The summed E-state index contributed by atoms with van der Waals surface area (Å²) in [6, 6.07) is 5.50. The molecule has 2 bridgehead atoms. The topological polar surface area (TPSA) is 99.6 Å². The number of anilines is 1. The van der Waals surface area contributed by atoms with Gasteiger partial charge in [0.05, 0.1) is 37.2 Å². The SMILES string of the molecule is C=CCN(C)C(=O)[C@@H]1[C@H]2C(=O)N([C@@H](CO)C(C)C)C(C(=O)N(CC=C)c3ccc(OC)cc3)C23CC[C@@]1(CC)O3. The highest BCUT2D eigenvalue weighted by atomic mass is 16.5. The quantitative estimate of drug-likeness (QED) is 0.400. The van der Waals surface area contributed by atoms with E-state index in [1.807, 2.05) is 20.8 Å². The maximum atomic E-state index is 14.7. The van der Waals surface area contributed by atoms with Crippen LogP contribution in [0.1, 0.15) is 40.0 Å². The van der Waals surface area contributed by atoms with Crippen molar-refractivity contribution in [1.29, 1.82) is 0 Å². The van der Waals surface area contributed by atoms with Crippen LogP contribution < -0.4 is 9.64 Å². The van der Waals surface area contributed by atoms with E-state index in [4.69, 9.17) is 9.47 Å². The van der Waals surface area contributed by atoms with Crippen molar-refractivity contribution in [1.82, 2.24) is 9.80 Å². The predicted octanol–water partition coefficient (Wildman–Crippen LogP) is 3.03. The number of carbonyl (C=O) groups excluding carboxylic acids is 3. The molecule has 2 unspecified atom stereocenters. The molecule has 0 aromatic heterocycles. The number of amides is 3. The summed E-state index contributed by atoms with van der Waals surface area (Å²) in [5.41, 5.74) is -1.40. The van der Waals surface area contributed by atoms with E-state index < -0.39 is 35.1 Å². The van der Waals surface area contributed by atoms with Crippen LogP contribution in [0, 0.1) is 17.8 Å². The maximum absolute atomic E-state index is 14.7. The predicted molar refractivity (Wildman–Crippen MR) is 153 cm³/mol. The number of aliphatic hydroxyl groups excluding tert-OH is 1. The summed E-state index contributed by atoms with van der Waals surface area (Å²) in [6.45, 7) is 13.7. The summed E-state index contributed by atoms with van der Waals surface area (Å²) in [4.78, 5) is 47.8. The number of ether oxygens (including phenoxy) is 2. The highest BCUT2D eigenvalue weighted by molar-refractivity contribution is 6.05. The van der Waals surface area contributed by atoms with Crippen LogP contribution in [0.15, 0.2) is 49.6 Å². The monoisotopic (exact) mass is 553 g/mol. The van der Waals surface area contributed by atoms with Gasteiger partial charge in [0.1, 0.15) is 17.4 Å². The molecule has 1 aromatic rings. The molecule has 3 saturated heterocycles. The van der Waals surface area contributed by atoms with E-state index in [9.17, 15) is 19.5 Å². The van der Waals surface area contributed by atoms with Gasteiger partial charge in [-0.15, -0.1) is 13.2 Å². The van der Waals surface area contributed by atoms with Crippen LogP contribution in [-0.2, 0) is 19.1 Å². The van der Waals surface area contributed by atoms with E-state index in [1.54, 1.807) is 60.4 Å². The summed E-state index contributed by atoms with van der Waals surface area (Å²) in [6.07, 6.45) is 4.87. The number of nitrogens with zero attached hydrogens (tertiary/aromatic N) is 3. The summed E-state index contributed by atoms with van der Waals surface area (Å²) >= 11 is 0. The lowest BCUT2D eigenvalue weighted by Gasteiger charge is -2.40. The van der Waals surface area contributed by atoms with Gasteiger partial charge in [-0.1, -0.05) is 32.9 Å². The Hall–Kier alpha value is -3.17. The number of fused-ring (bicyclic) bond motifs is 1. The molecule has 6 atom stereocenters. The Morgan fingerprint density at radius 2 is 1.82 bits per heavy atom. The smallest absolute Gasteiger partial charge is 0.253 e. The zero-order chi connectivity index (χ0) is 29.4. The first-order valence-electron chi connectivity index (χ1n) is 14.1. The standard InChI is InChI=1S/C31H43N3O6/c1-8-17-32(6)27(36)24-25-28(37)34(23(19-35)20(4)5)26(31(25)16-15-30(24,10-3)40-31)29(38)33(18-9-2)21-11-13-22(39-7)14-12-21/h8-9,11-14,20,23-26,35H,1-2,10,15-19H2,3-7H3/t23-,24-,25-,26?,30+,31?/m0/s1. The average Bonchev–Trinajstić information content (AvgIpc) is 3.55. The number of likely N-dealkylation sites (tertiary alicyclic amines) is 1. The lowest BCUT2D eigenvalue weighted by molar-refractivity contribution is -0.153. The molecular weight excluding hydrogens is 510 g/mol. The summed E-state index contributed by atoms with van der Waals surface area (Å²) in [5, 5.41) is 10.5. The van der Waals surface area contributed by atoms with Crippen molar-refractivity contribution in [3.05, 3.63) is 49.6 Å². The average molecular weight is 554 g/mol. The molecule has 218 valence electrons. The Morgan fingerprint density at radius 1 is 1.18 bits per heavy atom. The van der Waals surface area contributed by atoms with Crippen LogP contribution in [0.3, 0.4) is 0 Å². The number of aliphatic hydroxyl groups is 1. The fraction of sp³-hybridized carbons (Fsp3) is 0.581. The van der Waals surface area contributed by atoms with Crippen molar-refractivity contribution in [2.75, 3.05) is 38.8 Å². The molecule has 9 nitrogen and oxygen atoms in total. The van der Waals surface area contributed by atoms with Gasteiger partial charge < -0.3 is 29.3 Å². The molecule has 3 heterocycles. The molecular formula is C31H43N3O6.